The Labute approximate surface area is 227 Å². The van der Waals surface area contributed by atoms with Crippen molar-refractivity contribution in [2.24, 2.45) is 0 Å². The Morgan fingerprint density at radius 2 is 1.67 bits per heavy atom. The maximum atomic E-state index is 14.1. The van der Waals surface area contributed by atoms with Gasteiger partial charge in [0.25, 0.3) is 16.0 Å². The second-order valence-electron chi connectivity index (χ2n) is 9.11. The van der Waals surface area contributed by atoms with E-state index in [4.69, 9.17) is 0 Å². The number of carbonyl (C=O) groups is 2. The Balaban J connectivity index is 1.79. The normalized spacial score (nSPS) is 14.9. The molecule has 1 aliphatic carbocycles. The van der Waals surface area contributed by atoms with E-state index in [0.29, 0.717) is 38.8 Å². The molecule has 2 aromatic rings. The van der Waals surface area contributed by atoms with E-state index in [1.54, 1.807) is 66.7 Å². The Morgan fingerprint density at radius 3 is 2.36 bits per heavy atom. The van der Waals surface area contributed by atoms with Crippen molar-refractivity contribution < 1.29 is 36.1 Å². The van der Waals surface area contributed by atoms with Crippen molar-refractivity contribution in [1.29, 1.82) is 0 Å². The molecule has 0 aromatic heterocycles. The molecule has 10 nitrogen and oxygen atoms in total. The average molecular weight is 573 g/mol. The number of para-hydroxylation sites is 1. The Morgan fingerprint density at radius 1 is 0.974 bits per heavy atom. The first-order valence-electron chi connectivity index (χ1n) is 12.2. The molecule has 2 aromatic carbocycles. The number of nitrogens with zero attached hydrogens (tertiary/aromatic N) is 2. The number of benzene rings is 2. The molecule has 0 radical (unpaired) electrons. The van der Waals surface area contributed by atoms with Gasteiger partial charge in [0.2, 0.25) is 10.0 Å². The van der Waals surface area contributed by atoms with Crippen molar-refractivity contribution >= 4 is 43.3 Å². The average Bonchev–Trinajstić information content (AvgIpc) is 2.87. The number of rotatable bonds is 11. The molecule has 0 saturated carbocycles. The number of carbonyl (C=O) groups excluding carboxylic acids is 1. The summed E-state index contributed by atoms with van der Waals surface area (Å²) in [4.78, 5) is 27.4. The second kappa shape index (κ2) is 11.6. The van der Waals surface area contributed by atoms with Crippen LogP contribution in [-0.2, 0) is 35.5 Å². The van der Waals surface area contributed by atoms with Crippen LogP contribution in [0, 0.1) is 0 Å². The molecule has 1 amide bonds. The minimum atomic E-state index is -4.26. The van der Waals surface area contributed by atoms with Crippen molar-refractivity contribution in [3.05, 3.63) is 95.2 Å². The molecule has 0 spiro atoms. The molecule has 1 heterocycles. The van der Waals surface area contributed by atoms with Gasteiger partial charge in [0.1, 0.15) is 0 Å². The van der Waals surface area contributed by atoms with Gasteiger partial charge in [0.05, 0.1) is 23.5 Å². The quantitative estimate of drug-likeness (QED) is 0.387. The smallest absolute Gasteiger partial charge is 0.305 e. The van der Waals surface area contributed by atoms with E-state index in [0.717, 1.165) is 0 Å². The Kier molecular flexibility index (Phi) is 8.38. The van der Waals surface area contributed by atoms with E-state index in [1.807, 2.05) is 11.0 Å². The summed E-state index contributed by atoms with van der Waals surface area (Å²) < 4.78 is 59.5. The van der Waals surface area contributed by atoms with Gasteiger partial charge in [-0.2, -0.15) is 8.42 Å². The van der Waals surface area contributed by atoms with Crippen LogP contribution in [0.5, 0.6) is 0 Å². The zero-order valence-corrected chi connectivity index (χ0v) is 22.6. The summed E-state index contributed by atoms with van der Waals surface area (Å²) in [6.07, 6.45) is 5.22. The van der Waals surface area contributed by atoms with Gasteiger partial charge in [0, 0.05) is 30.0 Å². The number of anilines is 1. The van der Waals surface area contributed by atoms with Crippen molar-refractivity contribution in [2.75, 3.05) is 23.7 Å². The van der Waals surface area contributed by atoms with Crippen molar-refractivity contribution in [2.45, 2.75) is 25.0 Å². The molecule has 12 heteroatoms. The summed E-state index contributed by atoms with van der Waals surface area (Å²) in [5.41, 5.74) is 2.77. The van der Waals surface area contributed by atoms with Gasteiger partial charge in [0.15, 0.2) is 0 Å². The molecule has 2 aliphatic rings. The van der Waals surface area contributed by atoms with Gasteiger partial charge in [-0.1, -0.05) is 60.7 Å². The molecule has 2 N–H and O–H groups in total. The molecule has 0 bridgehead atoms. The summed E-state index contributed by atoms with van der Waals surface area (Å²) in [5.74, 6) is -2.99. The number of fused-ring (bicyclic) bond motifs is 2. The summed E-state index contributed by atoms with van der Waals surface area (Å²) >= 11 is 0. The van der Waals surface area contributed by atoms with Gasteiger partial charge in [-0.05, 0) is 36.1 Å². The molecule has 206 valence electrons. The molecular weight excluding hydrogens is 544 g/mol. The highest BCUT2D eigenvalue weighted by atomic mass is 32.2. The van der Waals surface area contributed by atoms with E-state index in [2.05, 4.69) is 0 Å². The molecule has 0 atom stereocenters. The van der Waals surface area contributed by atoms with Crippen LogP contribution < -0.4 is 4.90 Å². The lowest BCUT2D eigenvalue weighted by atomic mass is 9.86. The molecule has 4 rings (SSSR count). The lowest BCUT2D eigenvalue weighted by molar-refractivity contribution is -0.137. The number of aliphatic carboxylic acids is 1. The third kappa shape index (κ3) is 6.64. The molecular formula is C27H28N2O8S2. The molecule has 0 fully saturated rings. The molecule has 1 aliphatic heterocycles. The first-order chi connectivity index (χ1) is 18.5. The predicted molar refractivity (Wildman–Crippen MR) is 147 cm³/mol. The monoisotopic (exact) mass is 572 g/mol. The van der Waals surface area contributed by atoms with Gasteiger partial charge in [-0.15, -0.1) is 0 Å². The molecule has 0 saturated heterocycles. The van der Waals surface area contributed by atoms with Gasteiger partial charge < -0.3 is 10.0 Å². The maximum absolute atomic E-state index is 14.1. The zero-order valence-electron chi connectivity index (χ0n) is 20.9. The van der Waals surface area contributed by atoms with Crippen LogP contribution in [0.4, 0.5) is 5.69 Å². The SMILES string of the molecule is O=C(O)CCN(C(=O)C1=C2CC=CC=C2N(CCCS(=O)(=O)O)c2ccccc21)S(=O)(=O)Cc1ccccc1. The number of carboxylic acids is 1. The van der Waals surface area contributed by atoms with Crippen LogP contribution in [0.25, 0.3) is 5.57 Å². The number of sulfonamides is 1. The van der Waals surface area contributed by atoms with Crippen LogP contribution >= 0.6 is 0 Å². The van der Waals surface area contributed by atoms with Crippen molar-refractivity contribution in [3.8, 4) is 0 Å². The number of amides is 1. The molecule has 0 unspecified atom stereocenters. The summed E-state index contributed by atoms with van der Waals surface area (Å²) in [6.45, 7) is -0.314. The lowest BCUT2D eigenvalue weighted by Gasteiger charge is -2.38. The van der Waals surface area contributed by atoms with E-state index >= 15 is 0 Å². The van der Waals surface area contributed by atoms with Crippen molar-refractivity contribution in [1.82, 2.24) is 4.31 Å². The highest BCUT2D eigenvalue weighted by Gasteiger charge is 2.37. The minimum Gasteiger partial charge on any atom is -0.481 e. The third-order valence-corrected chi connectivity index (χ3v) is 8.88. The fourth-order valence-electron chi connectivity index (χ4n) is 4.69. The fourth-order valence-corrected chi connectivity index (χ4v) is 6.66. The first-order valence-corrected chi connectivity index (χ1v) is 15.4. The van der Waals surface area contributed by atoms with Gasteiger partial charge >= 0.3 is 5.97 Å². The van der Waals surface area contributed by atoms with Gasteiger partial charge in [-0.3, -0.25) is 14.1 Å². The summed E-state index contributed by atoms with van der Waals surface area (Å²) in [6, 6.07) is 15.2. The number of carboxylic acid groups (broad SMARTS) is 1. The van der Waals surface area contributed by atoms with Gasteiger partial charge in [-0.25, -0.2) is 12.7 Å². The predicted octanol–water partition coefficient (Wildman–Crippen LogP) is 3.22. The zero-order chi connectivity index (χ0) is 28.2. The Hall–Kier alpha value is -3.74. The fraction of sp³-hybridized carbons (Fsp3) is 0.259. The highest BCUT2D eigenvalue weighted by molar-refractivity contribution is 7.88. The highest BCUT2D eigenvalue weighted by Crippen LogP contribution is 2.44. The number of hydrogen-bond donors (Lipinski definition) is 2. The first kappa shape index (κ1) is 28.3. The minimum absolute atomic E-state index is 0.112. The van der Waals surface area contributed by atoms with Crippen LogP contribution in [0.15, 0.2) is 84.1 Å². The lowest BCUT2D eigenvalue weighted by Crippen LogP contribution is -2.41. The summed E-state index contributed by atoms with van der Waals surface area (Å²) in [7, 11) is -8.43. The van der Waals surface area contributed by atoms with Crippen LogP contribution in [-0.4, -0.2) is 61.5 Å². The standard InChI is InChI=1S/C27H28N2O8S2/c30-25(31)15-17-29(38(33,34)19-20-9-2-1-3-10-20)27(32)26-21-11-4-6-13-23(21)28(16-8-18-39(35,36)37)24-14-7-5-12-22(24)26/h1-7,9-11,13-14H,8,12,15-19H2,(H,30,31)(H,35,36,37). The summed E-state index contributed by atoms with van der Waals surface area (Å²) in [5, 5.41) is 9.30. The second-order valence-corrected chi connectivity index (χ2v) is 12.6. The van der Waals surface area contributed by atoms with E-state index in [9.17, 15) is 36.1 Å². The maximum Gasteiger partial charge on any atom is 0.305 e. The van der Waals surface area contributed by atoms with Crippen LogP contribution in [0.2, 0.25) is 0 Å². The van der Waals surface area contributed by atoms with E-state index in [-0.39, 0.29) is 18.5 Å². The van der Waals surface area contributed by atoms with E-state index in [1.165, 1.54) is 0 Å². The van der Waals surface area contributed by atoms with Crippen LogP contribution in [0.3, 0.4) is 0 Å². The van der Waals surface area contributed by atoms with Crippen molar-refractivity contribution in [3.63, 3.8) is 0 Å². The van der Waals surface area contributed by atoms with E-state index < -0.39 is 56.5 Å². The number of allylic oxidation sites excluding steroid dienone is 4. The largest absolute Gasteiger partial charge is 0.481 e. The Bertz CT molecular complexity index is 1580. The topological polar surface area (TPSA) is 149 Å². The number of hydrogen-bond acceptors (Lipinski definition) is 7. The molecule has 39 heavy (non-hydrogen) atoms. The van der Waals surface area contributed by atoms with Crippen LogP contribution in [0.1, 0.15) is 30.4 Å². The third-order valence-electron chi connectivity index (χ3n) is 6.36.